The van der Waals surface area contributed by atoms with Gasteiger partial charge in [0.2, 0.25) is 5.91 Å². The number of primary amides is 1. The summed E-state index contributed by atoms with van der Waals surface area (Å²) in [5.41, 5.74) is 6.79. The second-order valence-electron chi connectivity index (χ2n) is 7.29. The number of anilines is 1. The molecule has 1 amide bonds. The van der Waals surface area contributed by atoms with Gasteiger partial charge in [-0.1, -0.05) is 0 Å². The van der Waals surface area contributed by atoms with Crippen LogP contribution in [-0.4, -0.2) is 42.8 Å². The molecule has 0 aromatic carbocycles. The number of amides is 1. The van der Waals surface area contributed by atoms with E-state index in [1.807, 2.05) is 6.07 Å². The Kier molecular flexibility index (Phi) is 5.02. The number of aromatic carboxylic acids is 1. The molecular formula is C20H19N7O3. The van der Waals surface area contributed by atoms with Crippen molar-refractivity contribution >= 4 is 28.6 Å². The Balaban J connectivity index is 1.65. The van der Waals surface area contributed by atoms with Crippen molar-refractivity contribution in [3.8, 4) is 11.9 Å². The van der Waals surface area contributed by atoms with E-state index in [2.05, 4.69) is 20.4 Å². The van der Waals surface area contributed by atoms with Crippen LogP contribution in [0.1, 0.15) is 41.6 Å². The molecule has 3 aromatic heterocycles. The average molecular weight is 405 g/mol. The van der Waals surface area contributed by atoms with Crippen LogP contribution < -0.4 is 11.1 Å². The highest BCUT2D eigenvalue weighted by molar-refractivity contribution is 5.94. The summed E-state index contributed by atoms with van der Waals surface area (Å²) in [5.74, 6) is -1.11. The third-order valence-corrected chi connectivity index (χ3v) is 5.36. The molecule has 1 saturated carbocycles. The number of carboxylic acids is 1. The minimum atomic E-state index is -1.09. The van der Waals surface area contributed by atoms with Gasteiger partial charge in [-0.2, -0.15) is 15.0 Å². The number of nitrogens with two attached hydrogens (primary N) is 1. The standard InChI is InChI=1S/C20H19N7O3/c21-7-11-5-13-9-25-27(19(13)24-8-11)17-6-16(15(10-23-17)20(29)30)26-14-3-1-12(2-4-14)18(22)28/h5-6,8-10,12,14H,1-4H2,(H2,22,28)(H,23,26)(H,29,30). The zero-order valence-electron chi connectivity index (χ0n) is 15.9. The second-order valence-corrected chi connectivity index (χ2v) is 7.29. The van der Waals surface area contributed by atoms with Gasteiger partial charge in [0.1, 0.15) is 11.6 Å². The monoisotopic (exact) mass is 405 g/mol. The lowest BCUT2D eigenvalue weighted by atomic mass is 9.85. The lowest BCUT2D eigenvalue weighted by Crippen LogP contribution is -2.32. The van der Waals surface area contributed by atoms with Crippen molar-refractivity contribution in [1.82, 2.24) is 19.7 Å². The van der Waals surface area contributed by atoms with Gasteiger partial charge in [0.05, 0.1) is 17.4 Å². The fourth-order valence-electron chi connectivity index (χ4n) is 3.74. The Morgan fingerprint density at radius 3 is 2.60 bits per heavy atom. The van der Waals surface area contributed by atoms with Crippen LogP contribution in [0.15, 0.2) is 30.7 Å². The molecule has 4 rings (SSSR count). The molecule has 1 fully saturated rings. The van der Waals surface area contributed by atoms with Gasteiger partial charge in [0.15, 0.2) is 11.5 Å². The molecule has 3 aromatic rings. The first-order valence-electron chi connectivity index (χ1n) is 9.49. The topological polar surface area (TPSA) is 160 Å². The lowest BCUT2D eigenvalue weighted by molar-refractivity contribution is -0.122. The average Bonchev–Trinajstić information content (AvgIpc) is 3.17. The molecule has 152 valence electrons. The summed E-state index contributed by atoms with van der Waals surface area (Å²) < 4.78 is 1.50. The SMILES string of the molecule is N#Cc1cnc2c(cnn2-c2cc(NC3CCC(C(N)=O)CC3)c(C(=O)O)cn2)c1. The maximum absolute atomic E-state index is 11.7. The van der Waals surface area contributed by atoms with Gasteiger partial charge in [-0.15, -0.1) is 0 Å². The molecule has 0 saturated heterocycles. The first-order valence-corrected chi connectivity index (χ1v) is 9.49. The van der Waals surface area contributed by atoms with Gasteiger partial charge in [-0.25, -0.2) is 14.8 Å². The predicted molar refractivity (Wildman–Crippen MR) is 107 cm³/mol. The zero-order valence-corrected chi connectivity index (χ0v) is 15.9. The normalized spacial score (nSPS) is 18.6. The van der Waals surface area contributed by atoms with Crippen LogP contribution in [0.4, 0.5) is 5.69 Å². The van der Waals surface area contributed by atoms with Crippen LogP contribution in [-0.2, 0) is 4.79 Å². The summed E-state index contributed by atoms with van der Waals surface area (Å²) >= 11 is 0. The molecule has 0 radical (unpaired) electrons. The first kappa shape index (κ1) is 19.3. The van der Waals surface area contributed by atoms with Gasteiger partial charge in [0.25, 0.3) is 0 Å². The summed E-state index contributed by atoms with van der Waals surface area (Å²) in [6, 6.07) is 5.36. The van der Waals surface area contributed by atoms with E-state index >= 15 is 0 Å². The number of aromatic nitrogens is 4. The molecule has 0 atom stereocenters. The van der Waals surface area contributed by atoms with Crippen LogP contribution in [0.25, 0.3) is 16.9 Å². The minimum Gasteiger partial charge on any atom is -0.478 e. The van der Waals surface area contributed by atoms with Crippen molar-refractivity contribution in [3.63, 3.8) is 0 Å². The molecule has 10 heteroatoms. The molecule has 0 bridgehead atoms. The number of carboxylic acid groups (broad SMARTS) is 1. The fraction of sp³-hybridized carbons (Fsp3) is 0.300. The van der Waals surface area contributed by atoms with Crippen molar-refractivity contribution < 1.29 is 14.7 Å². The van der Waals surface area contributed by atoms with Crippen LogP contribution in [0, 0.1) is 17.2 Å². The minimum absolute atomic E-state index is 0.0274. The van der Waals surface area contributed by atoms with Crippen molar-refractivity contribution in [1.29, 1.82) is 5.26 Å². The van der Waals surface area contributed by atoms with Gasteiger partial charge < -0.3 is 16.2 Å². The number of carbonyl (C=O) groups excluding carboxylic acids is 1. The zero-order chi connectivity index (χ0) is 21.3. The van der Waals surface area contributed by atoms with Gasteiger partial charge in [-0.3, -0.25) is 4.79 Å². The van der Waals surface area contributed by atoms with Crippen molar-refractivity contribution in [2.45, 2.75) is 31.7 Å². The number of pyridine rings is 2. The maximum Gasteiger partial charge on any atom is 0.339 e. The lowest BCUT2D eigenvalue weighted by Gasteiger charge is -2.28. The predicted octanol–water partition coefficient (Wildman–Crippen LogP) is 1.84. The van der Waals surface area contributed by atoms with Crippen molar-refractivity contribution in [2.24, 2.45) is 11.7 Å². The number of nitrogens with zero attached hydrogens (tertiary/aromatic N) is 5. The smallest absolute Gasteiger partial charge is 0.339 e. The third kappa shape index (κ3) is 3.65. The Hall–Kier alpha value is -4.00. The number of carbonyl (C=O) groups is 2. The van der Waals surface area contributed by atoms with E-state index < -0.39 is 5.97 Å². The number of fused-ring (bicyclic) bond motifs is 1. The Bertz CT molecular complexity index is 1170. The summed E-state index contributed by atoms with van der Waals surface area (Å²) in [6.45, 7) is 0. The second kappa shape index (κ2) is 7.79. The van der Waals surface area contributed by atoms with Crippen LogP contribution in [0.2, 0.25) is 0 Å². The van der Waals surface area contributed by atoms with Gasteiger partial charge >= 0.3 is 5.97 Å². The Morgan fingerprint density at radius 2 is 1.93 bits per heavy atom. The molecule has 30 heavy (non-hydrogen) atoms. The summed E-state index contributed by atoms with van der Waals surface area (Å²) in [7, 11) is 0. The number of nitriles is 1. The van der Waals surface area contributed by atoms with Crippen LogP contribution >= 0.6 is 0 Å². The molecule has 1 aliphatic carbocycles. The number of hydrogen-bond donors (Lipinski definition) is 3. The van der Waals surface area contributed by atoms with E-state index in [0.29, 0.717) is 53.8 Å². The summed E-state index contributed by atoms with van der Waals surface area (Å²) in [6.07, 6.45) is 7.08. The highest BCUT2D eigenvalue weighted by Gasteiger charge is 2.26. The number of nitrogens with one attached hydrogen (secondary N) is 1. The van der Waals surface area contributed by atoms with E-state index in [4.69, 9.17) is 11.0 Å². The fourth-order valence-corrected chi connectivity index (χ4v) is 3.74. The highest BCUT2D eigenvalue weighted by atomic mass is 16.4. The highest BCUT2D eigenvalue weighted by Crippen LogP contribution is 2.28. The summed E-state index contributed by atoms with van der Waals surface area (Å²) in [4.78, 5) is 31.6. The van der Waals surface area contributed by atoms with E-state index in [0.717, 1.165) is 0 Å². The molecule has 1 aliphatic rings. The quantitative estimate of drug-likeness (QED) is 0.579. The molecule has 10 nitrogen and oxygen atoms in total. The van der Waals surface area contributed by atoms with E-state index in [9.17, 15) is 14.7 Å². The maximum atomic E-state index is 11.7. The molecule has 4 N–H and O–H groups in total. The largest absolute Gasteiger partial charge is 0.478 e. The Labute approximate surface area is 171 Å². The van der Waals surface area contributed by atoms with Gasteiger partial charge in [-0.05, 0) is 31.7 Å². The first-order chi connectivity index (χ1) is 14.5. The molecule has 3 heterocycles. The molecular weight excluding hydrogens is 386 g/mol. The van der Waals surface area contributed by atoms with Crippen molar-refractivity contribution in [2.75, 3.05) is 5.32 Å². The molecule has 0 unspecified atom stereocenters. The van der Waals surface area contributed by atoms with E-state index in [1.165, 1.54) is 17.1 Å². The summed E-state index contributed by atoms with van der Waals surface area (Å²) in [5, 5.41) is 26.8. The number of rotatable bonds is 5. The van der Waals surface area contributed by atoms with E-state index in [-0.39, 0.29) is 23.4 Å². The number of hydrogen-bond acceptors (Lipinski definition) is 7. The molecule has 0 spiro atoms. The van der Waals surface area contributed by atoms with Crippen LogP contribution in [0.5, 0.6) is 0 Å². The van der Waals surface area contributed by atoms with Crippen molar-refractivity contribution in [3.05, 3.63) is 41.9 Å². The third-order valence-electron chi connectivity index (χ3n) is 5.36. The Morgan fingerprint density at radius 1 is 1.17 bits per heavy atom. The molecule has 0 aliphatic heterocycles. The van der Waals surface area contributed by atoms with E-state index in [1.54, 1.807) is 18.3 Å². The van der Waals surface area contributed by atoms with Crippen LogP contribution in [0.3, 0.4) is 0 Å². The van der Waals surface area contributed by atoms with Gasteiger partial charge in [0, 0.05) is 35.8 Å².